The van der Waals surface area contributed by atoms with Crippen molar-refractivity contribution in [3.8, 4) is 28.7 Å². The number of β-lactam (4-membered cyclic amide) rings is 1. The van der Waals surface area contributed by atoms with Crippen LogP contribution in [0, 0.1) is 5.41 Å². The van der Waals surface area contributed by atoms with E-state index in [-0.39, 0.29) is 11.7 Å². The Hall–Kier alpha value is -4.15. The van der Waals surface area contributed by atoms with E-state index in [0.717, 1.165) is 0 Å². The molecule has 2 aromatic carbocycles. The number of ether oxygens (including phenoxy) is 6. The standard InChI is InChI=1S/C28H36N2O9/c1-27(2,3)39-26(33)29-15-22(31)38-19-12-16(10-11-18(19)34-6)24-28(4,5)25(32)30(24)17-13-20(35-7)23(37-9)21(14-17)36-8/h10-14,24H,15H2,1-9H3,(H,29,33)/t24-/m0/s1. The molecule has 2 amide bonds. The number of carbonyl (C=O) groups is 3. The van der Waals surface area contributed by atoms with Crippen LogP contribution in [0.4, 0.5) is 10.5 Å². The monoisotopic (exact) mass is 544 g/mol. The predicted molar refractivity (Wildman–Crippen MR) is 143 cm³/mol. The van der Waals surface area contributed by atoms with Crippen molar-refractivity contribution in [2.75, 3.05) is 39.9 Å². The average molecular weight is 545 g/mol. The number of carbonyl (C=O) groups excluding carboxylic acids is 3. The molecule has 0 aliphatic carbocycles. The third kappa shape index (κ3) is 6.13. The maximum Gasteiger partial charge on any atom is 0.408 e. The van der Waals surface area contributed by atoms with E-state index in [1.54, 1.807) is 56.0 Å². The highest BCUT2D eigenvalue weighted by Crippen LogP contribution is 2.54. The van der Waals surface area contributed by atoms with Gasteiger partial charge in [-0.3, -0.25) is 4.79 Å². The Balaban J connectivity index is 1.91. The van der Waals surface area contributed by atoms with Gasteiger partial charge in [-0.15, -0.1) is 0 Å². The number of nitrogens with one attached hydrogen (secondary N) is 1. The van der Waals surface area contributed by atoms with E-state index in [9.17, 15) is 14.4 Å². The zero-order valence-electron chi connectivity index (χ0n) is 23.8. The van der Waals surface area contributed by atoms with Gasteiger partial charge in [0.1, 0.15) is 12.1 Å². The molecule has 0 bridgehead atoms. The highest BCUT2D eigenvalue weighted by Gasteiger charge is 2.55. The van der Waals surface area contributed by atoms with Gasteiger partial charge in [0.2, 0.25) is 11.7 Å². The highest BCUT2D eigenvalue weighted by atomic mass is 16.6. The van der Waals surface area contributed by atoms with Crippen molar-refractivity contribution in [2.45, 2.75) is 46.3 Å². The first kappa shape index (κ1) is 29.4. The lowest BCUT2D eigenvalue weighted by atomic mass is 9.70. The number of benzene rings is 2. The number of amides is 2. The Morgan fingerprint density at radius 1 is 0.897 bits per heavy atom. The molecular weight excluding hydrogens is 508 g/mol. The number of rotatable bonds is 9. The molecule has 0 aromatic heterocycles. The van der Waals surface area contributed by atoms with E-state index in [1.165, 1.54) is 28.4 Å². The molecule has 0 spiro atoms. The molecule has 1 heterocycles. The van der Waals surface area contributed by atoms with Gasteiger partial charge in [0.05, 0.1) is 45.6 Å². The van der Waals surface area contributed by atoms with Gasteiger partial charge in [-0.25, -0.2) is 9.59 Å². The molecule has 1 saturated heterocycles. The van der Waals surface area contributed by atoms with Crippen molar-refractivity contribution >= 4 is 23.7 Å². The van der Waals surface area contributed by atoms with Crippen LogP contribution in [0.1, 0.15) is 46.2 Å². The summed E-state index contributed by atoms with van der Waals surface area (Å²) < 4.78 is 32.4. The fraction of sp³-hybridized carbons (Fsp3) is 0.464. The zero-order chi connectivity index (χ0) is 29.1. The second kappa shape index (κ2) is 11.3. The van der Waals surface area contributed by atoms with Crippen LogP contribution in [0.5, 0.6) is 28.7 Å². The molecule has 39 heavy (non-hydrogen) atoms. The maximum absolute atomic E-state index is 13.3. The zero-order valence-corrected chi connectivity index (χ0v) is 23.8. The molecule has 11 heteroatoms. The molecule has 0 saturated carbocycles. The first-order valence-corrected chi connectivity index (χ1v) is 12.3. The van der Waals surface area contributed by atoms with Crippen LogP contribution in [0.3, 0.4) is 0 Å². The number of methoxy groups -OCH3 is 4. The van der Waals surface area contributed by atoms with E-state index >= 15 is 0 Å². The van der Waals surface area contributed by atoms with Crippen LogP contribution in [-0.4, -0.2) is 58.6 Å². The molecule has 1 aliphatic rings. The van der Waals surface area contributed by atoms with Gasteiger partial charge in [-0.1, -0.05) is 6.07 Å². The minimum absolute atomic E-state index is 0.113. The molecule has 0 radical (unpaired) electrons. The minimum Gasteiger partial charge on any atom is -0.493 e. The summed E-state index contributed by atoms with van der Waals surface area (Å²) in [4.78, 5) is 39.4. The first-order chi connectivity index (χ1) is 18.3. The summed E-state index contributed by atoms with van der Waals surface area (Å²) in [5.41, 5.74) is -0.219. The van der Waals surface area contributed by atoms with Crippen molar-refractivity contribution in [2.24, 2.45) is 5.41 Å². The van der Waals surface area contributed by atoms with Gasteiger partial charge >= 0.3 is 12.1 Å². The lowest BCUT2D eigenvalue weighted by Crippen LogP contribution is -2.61. The molecule has 212 valence electrons. The lowest BCUT2D eigenvalue weighted by molar-refractivity contribution is -0.137. The summed E-state index contributed by atoms with van der Waals surface area (Å²) in [6, 6.07) is 8.09. The number of esters is 1. The SMILES string of the molecule is COc1ccc([C@@H]2N(c3cc(OC)c(OC)c(OC)c3)C(=O)C2(C)C)cc1OC(=O)CNC(=O)OC(C)(C)C. The molecule has 11 nitrogen and oxygen atoms in total. The second-order valence-electron chi connectivity index (χ2n) is 10.4. The van der Waals surface area contributed by atoms with Gasteiger partial charge in [0, 0.05) is 12.1 Å². The van der Waals surface area contributed by atoms with Crippen LogP contribution in [0.2, 0.25) is 0 Å². The van der Waals surface area contributed by atoms with E-state index in [1.807, 2.05) is 13.8 Å². The smallest absolute Gasteiger partial charge is 0.408 e. The Morgan fingerprint density at radius 2 is 1.49 bits per heavy atom. The normalized spacial score (nSPS) is 16.1. The number of anilines is 1. The van der Waals surface area contributed by atoms with Crippen LogP contribution >= 0.6 is 0 Å². The van der Waals surface area contributed by atoms with Crippen LogP contribution in [0.25, 0.3) is 0 Å². The lowest BCUT2D eigenvalue weighted by Gasteiger charge is -2.53. The molecule has 1 N–H and O–H groups in total. The predicted octanol–water partition coefficient (Wildman–Crippen LogP) is 4.27. The Kier molecular flexibility index (Phi) is 8.52. The van der Waals surface area contributed by atoms with Crippen molar-refractivity contribution in [3.63, 3.8) is 0 Å². The summed E-state index contributed by atoms with van der Waals surface area (Å²) in [6.45, 7) is 8.43. The number of alkyl carbamates (subject to hydrolysis) is 1. The van der Waals surface area contributed by atoms with E-state index in [2.05, 4.69) is 5.32 Å². The molecule has 1 aliphatic heterocycles. The van der Waals surface area contributed by atoms with Gasteiger partial charge in [-0.05, 0) is 52.3 Å². The van der Waals surface area contributed by atoms with Crippen LogP contribution in [-0.2, 0) is 14.3 Å². The Bertz CT molecular complexity index is 1230. The average Bonchev–Trinajstić information content (AvgIpc) is 2.88. The topological polar surface area (TPSA) is 122 Å². The Morgan fingerprint density at radius 3 is 2.00 bits per heavy atom. The van der Waals surface area contributed by atoms with Crippen molar-refractivity contribution < 1.29 is 42.8 Å². The third-order valence-corrected chi connectivity index (χ3v) is 6.14. The van der Waals surface area contributed by atoms with E-state index in [0.29, 0.717) is 34.2 Å². The molecule has 3 rings (SSSR count). The summed E-state index contributed by atoms with van der Waals surface area (Å²) in [5.74, 6) is 0.846. The molecule has 0 unspecified atom stereocenters. The summed E-state index contributed by atoms with van der Waals surface area (Å²) in [7, 11) is 5.96. The molecule has 1 fully saturated rings. The first-order valence-electron chi connectivity index (χ1n) is 12.3. The maximum atomic E-state index is 13.3. The summed E-state index contributed by atoms with van der Waals surface area (Å²) in [6.07, 6.45) is -0.740. The molecular formula is C28H36N2O9. The van der Waals surface area contributed by atoms with Crippen molar-refractivity contribution in [3.05, 3.63) is 35.9 Å². The number of hydrogen-bond donors (Lipinski definition) is 1. The quantitative estimate of drug-likeness (QED) is 0.280. The van der Waals surface area contributed by atoms with Crippen LogP contribution < -0.4 is 33.9 Å². The van der Waals surface area contributed by atoms with E-state index < -0.39 is 35.7 Å². The van der Waals surface area contributed by atoms with Gasteiger partial charge in [0.15, 0.2) is 23.0 Å². The molecule has 2 aromatic rings. The fourth-order valence-corrected chi connectivity index (χ4v) is 4.40. The summed E-state index contributed by atoms with van der Waals surface area (Å²) in [5, 5.41) is 2.37. The number of nitrogens with zero attached hydrogens (tertiary/aromatic N) is 1. The fourth-order valence-electron chi connectivity index (χ4n) is 4.40. The third-order valence-electron chi connectivity index (χ3n) is 6.14. The highest BCUT2D eigenvalue weighted by molar-refractivity contribution is 6.06. The minimum atomic E-state index is -0.769. The van der Waals surface area contributed by atoms with Gasteiger partial charge in [-0.2, -0.15) is 0 Å². The number of hydrogen-bond acceptors (Lipinski definition) is 9. The van der Waals surface area contributed by atoms with Gasteiger partial charge in [0.25, 0.3) is 0 Å². The summed E-state index contributed by atoms with van der Waals surface area (Å²) >= 11 is 0. The van der Waals surface area contributed by atoms with Crippen molar-refractivity contribution in [1.29, 1.82) is 0 Å². The largest absolute Gasteiger partial charge is 0.493 e. The van der Waals surface area contributed by atoms with Crippen molar-refractivity contribution in [1.82, 2.24) is 5.32 Å². The molecule has 1 atom stereocenters. The second-order valence-corrected chi connectivity index (χ2v) is 10.4. The van der Waals surface area contributed by atoms with Gasteiger partial charge < -0.3 is 38.6 Å². The van der Waals surface area contributed by atoms with Crippen LogP contribution in [0.15, 0.2) is 30.3 Å². The Labute approximate surface area is 228 Å². The van der Waals surface area contributed by atoms with E-state index in [4.69, 9.17) is 28.4 Å².